The van der Waals surface area contributed by atoms with E-state index in [0.29, 0.717) is 35.0 Å². The van der Waals surface area contributed by atoms with E-state index >= 15 is 0 Å². The zero-order valence-electron chi connectivity index (χ0n) is 18.2. The van der Waals surface area contributed by atoms with Gasteiger partial charge in [-0.1, -0.05) is 12.1 Å². The molecule has 1 unspecified atom stereocenters. The maximum Gasteiger partial charge on any atom is 0.255 e. The van der Waals surface area contributed by atoms with E-state index in [2.05, 4.69) is 10.6 Å². The van der Waals surface area contributed by atoms with Crippen molar-refractivity contribution in [3.8, 4) is 17.2 Å². The van der Waals surface area contributed by atoms with Gasteiger partial charge in [-0.05, 0) is 68.4 Å². The maximum atomic E-state index is 12.9. The van der Waals surface area contributed by atoms with Crippen LogP contribution in [0.2, 0.25) is 0 Å². The zero-order valence-corrected chi connectivity index (χ0v) is 18.2. The Hall–Kier alpha value is -4.00. The molecule has 3 aromatic carbocycles. The van der Waals surface area contributed by atoms with Crippen LogP contribution in [0.1, 0.15) is 24.2 Å². The summed E-state index contributed by atoms with van der Waals surface area (Å²) >= 11 is 0. The highest BCUT2D eigenvalue weighted by atomic mass is 16.5. The molecule has 0 radical (unpaired) electrons. The van der Waals surface area contributed by atoms with Crippen molar-refractivity contribution < 1.29 is 19.1 Å². The Morgan fingerprint density at radius 3 is 2.53 bits per heavy atom. The number of rotatable bonds is 6. The SMILES string of the molecule is CCOc1ccc(Oc2ccccc2NC(=O)c2ccc3c(c2)NC(=O)C(C)N3C)cc1. The van der Waals surface area contributed by atoms with Gasteiger partial charge in [-0.2, -0.15) is 0 Å². The van der Waals surface area contributed by atoms with Gasteiger partial charge in [0.1, 0.15) is 17.5 Å². The topological polar surface area (TPSA) is 79.9 Å². The van der Waals surface area contributed by atoms with Gasteiger partial charge in [-0.15, -0.1) is 0 Å². The summed E-state index contributed by atoms with van der Waals surface area (Å²) < 4.78 is 11.4. The Kier molecular flexibility index (Phi) is 5.98. The molecule has 32 heavy (non-hydrogen) atoms. The third-order valence-corrected chi connectivity index (χ3v) is 5.35. The number of ether oxygens (including phenoxy) is 2. The molecule has 0 bridgehead atoms. The zero-order chi connectivity index (χ0) is 22.7. The summed E-state index contributed by atoms with van der Waals surface area (Å²) in [5, 5.41) is 5.76. The highest BCUT2D eigenvalue weighted by Crippen LogP contribution is 2.33. The van der Waals surface area contributed by atoms with Crippen molar-refractivity contribution in [2.75, 3.05) is 29.2 Å². The number of nitrogens with one attached hydrogen (secondary N) is 2. The van der Waals surface area contributed by atoms with Gasteiger partial charge in [0.25, 0.3) is 5.91 Å². The third kappa shape index (κ3) is 4.37. The number of anilines is 3. The van der Waals surface area contributed by atoms with Crippen LogP contribution in [0.4, 0.5) is 17.1 Å². The number of likely N-dealkylation sites (N-methyl/N-ethyl adjacent to an activating group) is 1. The van der Waals surface area contributed by atoms with Crippen molar-refractivity contribution in [1.82, 2.24) is 0 Å². The van der Waals surface area contributed by atoms with Crippen LogP contribution < -0.4 is 25.0 Å². The summed E-state index contributed by atoms with van der Waals surface area (Å²) in [5.41, 5.74) is 2.46. The van der Waals surface area contributed by atoms with Crippen LogP contribution in [-0.2, 0) is 4.79 Å². The Balaban J connectivity index is 1.52. The second-order valence-corrected chi connectivity index (χ2v) is 7.46. The highest BCUT2D eigenvalue weighted by Gasteiger charge is 2.27. The Morgan fingerprint density at radius 1 is 1.06 bits per heavy atom. The number of carbonyl (C=O) groups is 2. The van der Waals surface area contributed by atoms with Crippen molar-refractivity contribution >= 4 is 28.9 Å². The Bertz CT molecular complexity index is 1140. The first kappa shape index (κ1) is 21.2. The fourth-order valence-electron chi connectivity index (χ4n) is 3.46. The summed E-state index contributed by atoms with van der Waals surface area (Å²) in [7, 11) is 1.86. The monoisotopic (exact) mass is 431 g/mol. The van der Waals surface area contributed by atoms with E-state index in [1.54, 1.807) is 24.3 Å². The predicted octanol–water partition coefficient (Wildman–Crippen LogP) is 4.91. The van der Waals surface area contributed by atoms with Gasteiger partial charge in [-0.25, -0.2) is 0 Å². The second-order valence-electron chi connectivity index (χ2n) is 7.46. The van der Waals surface area contributed by atoms with E-state index in [-0.39, 0.29) is 17.9 Å². The van der Waals surface area contributed by atoms with Crippen LogP contribution in [-0.4, -0.2) is 31.5 Å². The molecule has 0 saturated carbocycles. The molecule has 2 N–H and O–H groups in total. The van der Waals surface area contributed by atoms with E-state index in [0.717, 1.165) is 11.4 Å². The van der Waals surface area contributed by atoms with Crippen LogP contribution in [0.15, 0.2) is 66.7 Å². The number of hydrogen-bond acceptors (Lipinski definition) is 5. The fourth-order valence-corrected chi connectivity index (χ4v) is 3.46. The van der Waals surface area contributed by atoms with Crippen LogP contribution in [0, 0.1) is 0 Å². The number of para-hydroxylation sites is 2. The van der Waals surface area contributed by atoms with Gasteiger partial charge in [0, 0.05) is 12.6 Å². The van der Waals surface area contributed by atoms with Crippen LogP contribution in [0.5, 0.6) is 17.2 Å². The predicted molar refractivity (Wildman–Crippen MR) is 125 cm³/mol. The number of hydrogen-bond donors (Lipinski definition) is 2. The number of fused-ring (bicyclic) bond motifs is 1. The minimum atomic E-state index is -0.300. The van der Waals surface area contributed by atoms with Gasteiger partial charge in [0.05, 0.1) is 23.7 Å². The standard InChI is InChI=1S/C25H25N3O4/c1-4-31-18-10-12-19(13-11-18)32-23-8-6-5-7-20(23)26-25(30)17-9-14-22-21(15-17)27-24(29)16(2)28(22)3/h5-16H,4H2,1-3H3,(H,26,30)(H,27,29). The molecule has 1 aliphatic rings. The Labute approximate surface area is 187 Å². The number of benzene rings is 3. The van der Waals surface area contributed by atoms with Crippen LogP contribution in [0.25, 0.3) is 0 Å². The summed E-state index contributed by atoms with van der Waals surface area (Å²) in [5.74, 6) is 1.51. The quantitative estimate of drug-likeness (QED) is 0.580. The van der Waals surface area contributed by atoms with Gasteiger partial charge < -0.3 is 25.0 Å². The first-order valence-corrected chi connectivity index (χ1v) is 10.4. The maximum absolute atomic E-state index is 12.9. The van der Waals surface area contributed by atoms with Crippen molar-refractivity contribution in [2.45, 2.75) is 19.9 Å². The lowest BCUT2D eigenvalue weighted by Gasteiger charge is -2.33. The van der Waals surface area contributed by atoms with Crippen molar-refractivity contribution in [3.05, 3.63) is 72.3 Å². The van der Waals surface area contributed by atoms with E-state index in [1.807, 2.05) is 68.3 Å². The number of carbonyl (C=O) groups excluding carboxylic acids is 2. The lowest BCUT2D eigenvalue weighted by molar-refractivity contribution is -0.117. The first-order valence-electron chi connectivity index (χ1n) is 10.4. The normalized spacial score (nSPS) is 14.9. The molecule has 0 saturated heterocycles. The lowest BCUT2D eigenvalue weighted by atomic mass is 10.1. The molecular formula is C25H25N3O4. The van der Waals surface area contributed by atoms with E-state index in [4.69, 9.17) is 9.47 Å². The van der Waals surface area contributed by atoms with Crippen LogP contribution in [0.3, 0.4) is 0 Å². The fraction of sp³-hybridized carbons (Fsp3) is 0.200. The molecule has 1 atom stereocenters. The van der Waals surface area contributed by atoms with Gasteiger partial charge in [0.15, 0.2) is 5.75 Å². The summed E-state index contributed by atoms with van der Waals surface area (Å²) in [6.45, 7) is 4.36. The van der Waals surface area contributed by atoms with E-state index < -0.39 is 0 Å². The third-order valence-electron chi connectivity index (χ3n) is 5.35. The van der Waals surface area contributed by atoms with Crippen molar-refractivity contribution in [3.63, 3.8) is 0 Å². The largest absolute Gasteiger partial charge is 0.494 e. The van der Waals surface area contributed by atoms with Gasteiger partial charge in [0.2, 0.25) is 5.91 Å². The molecule has 0 fully saturated rings. The van der Waals surface area contributed by atoms with Crippen molar-refractivity contribution in [1.29, 1.82) is 0 Å². The molecule has 0 aliphatic carbocycles. The van der Waals surface area contributed by atoms with E-state index in [1.165, 1.54) is 0 Å². The summed E-state index contributed by atoms with van der Waals surface area (Å²) in [4.78, 5) is 27.0. The molecule has 164 valence electrons. The van der Waals surface area contributed by atoms with Gasteiger partial charge in [-0.3, -0.25) is 9.59 Å². The number of amides is 2. The van der Waals surface area contributed by atoms with Crippen LogP contribution >= 0.6 is 0 Å². The Morgan fingerprint density at radius 2 is 1.78 bits per heavy atom. The van der Waals surface area contributed by atoms with Gasteiger partial charge >= 0.3 is 0 Å². The average Bonchev–Trinajstić information content (AvgIpc) is 2.80. The smallest absolute Gasteiger partial charge is 0.255 e. The van der Waals surface area contributed by atoms with E-state index in [9.17, 15) is 9.59 Å². The lowest BCUT2D eigenvalue weighted by Crippen LogP contribution is -2.43. The molecule has 2 amide bonds. The summed E-state index contributed by atoms with van der Waals surface area (Å²) in [6, 6.07) is 19.5. The minimum absolute atomic E-state index is 0.105. The van der Waals surface area contributed by atoms with Crippen molar-refractivity contribution in [2.24, 2.45) is 0 Å². The molecular weight excluding hydrogens is 406 g/mol. The number of nitrogens with zero attached hydrogens (tertiary/aromatic N) is 1. The average molecular weight is 431 g/mol. The molecule has 1 heterocycles. The highest BCUT2D eigenvalue weighted by molar-refractivity contribution is 6.09. The second kappa shape index (κ2) is 9.01. The molecule has 0 spiro atoms. The summed E-state index contributed by atoms with van der Waals surface area (Å²) in [6.07, 6.45) is 0. The molecule has 7 nitrogen and oxygen atoms in total. The first-order chi connectivity index (χ1) is 15.5. The molecule has 3 aromatic rings. The molecule has 0 aromatic heterocycles. The molecule has 7 heteroatoms. The molecule has 1 aliphatic heterocycles. The minimum Gasteiger partial charge on any atom is -0.494 e. The molecule has 4 rings (SSSR count).